The summed E-state index contributed by atoms with van der Waals surface area (Å²) in [6, 6.07) is 9.45. The topological polar surface area (TPSA) is 12.0 Å². The van der Waals surface area contributed by atoms with Crippen LogP contribution in [0.3, 0.4) is 0 Å². The summed E-state index contributed by atoms with van der Waals surface area (Å²) in [6.45, 7) is 3.42. The lowest BCUT2D eigenvalue weighted by Gasteiger charge is -2.25. The Kier molecular flexibility index (Phi) is 3.20. The largest absolute Gasteiger partial charge is 0.310 e. The van der Waals surface area contributed by atoms with E-state index >= 15 is 0 Å². The third-order valence-corrected chi connectivity index (χ3v) is 3.12. The Hall–Kier alpha value is -0.820. The van der Waals surface area contributed by atoms with Crippen LogP contribution in [0.25, 0.3) is 0 Å². The van der Waals surface area contributed by atoms with E-state index < -0.39 is 0 Å². The highest BCUT2D eigenvalue weighted by atomic mass is 14.9. The maximum Gasteiger partial charge on any atom is 0.0322 e. The molecule has 1 N–H and O–H groups in total. The minimum atomic E-state index is 0.611. The minimum absolute atomic E-state index is 0.611. The first-order valence-corrected chi connectivity index (χ1v) is 5.73. The van der Waals surface area contributed by atoms with E-state index in [1.165, 1.54) is 36.9 Å². The lowest BCUT2D eigenvalue weighted by atomic mass is 9.93. The van der Waals surface area contributed by atoms with Crippen molar-refractivity contribution in [3.63, 3.8) is 0 Å². The molecule has 0 aliphatic carbocycles. The quantitative estimate of drug-likeness (QED) is 0.754. The van der Waals surface area contributed by atoms with Crippen molar-refractivity contribution in [2.75, 3.05) is 6.54 Å². The molecule has 1 fully saturated rings. The highest BCUT2D eigenvalue weighted by Gasteiger charge is 2.16. The molecular weight excluding hydrogens is 170 g/mol. The van der Waals surface area contributed by atoms with Crippen molar-refractivity contribution in [1.82, 2.24) is 5.32 Å². The summed E-state index contributed by atoms with van der Waals surface area (Å²) in [5.41, 5.74) is 3.03. The van der Waals surface area contributed by atoms with Gasteiger partial charge in [-0.1, -0.05) is 37.6 Å². The molecule has 1 aliphatic rings. The Morgan fingerprint density at radius 3 is 2.86 bits per heavy atom. The van der Waals surface area contributed by atoms with E-state index in [1.807, 2.05) is 0 Å². The van der Waals surface area contributed by atoms with Crippen molar-refractivity contribution < 1.29 is 0 Å². The van der Waals surface area contributed by atoms with Crippen LogP contribution in [0.2, 0.25) is 0 Å². The Morgan fingerprint density at radius 1 is 1.29 bits per heavy atom. The van der Waals surface area contributed by atoms with Crippen molar-refractivity contribution >= 4 is 0 Å². The van der Waals surface area contributed by atoms with Crippen LogP contribution in [0.4, 0.5) is 0 Å². The molecule has 1 aromatic rings. The highest BCUT2D eigenvalue weighted by Crippen LogP contribution is 2.25. The molecule has 0 saturated carbocycles. The molecule has 14 heavy (non-hydrogen) atoms. The van der Waals surface area contributed by atoms with Gasteiger partial charge in [-0.3, -0.25) is 0 Å². The number of nitrogens with one attached hydrogen (secondary N) is 1. The molecule has 0 aromatic heterocycles. The number of rotatable bonds is 2. The van der Waals surface area contributed by atoms with E-state index in [9.17, 15) is 0 Å². The molecule has 1 aliphatic heterocycles. The van der Waals surface area contributed by atoms with Gasteiger partial charge in [0.25, 0.3) is 0 Å². The van der Waals surface area contributed by atoms with Gasteiger partial charge in [0, 0.05) is 6.04 Å². The van der Waals surface area contributed by atoms with Crippen molar-refractivity contribution in [3.05, 3.63) is 35.4 Å². The number of hydrogen-bond acceptors (Lipinski definition) is 1. The van der Waals surface area contributed by atoms with E-state index in [4.69, 9.17) is 0 Å². The summed E-state index contributed by atoms with van der Waals surface area (Å²) in [6.07, 6.45) is 5.16. The Balaban J connectivity index is 2.20. The van der Waals surface area contributed by atoms with Gasteiger partial charge in [0.2, 0.25) is 0 Å². The maximum atomic E-state index is 3.61. The van der Waals surface area contributed by atoms with Gasteiger partial charge in [-0.15, -0.1) is 0 Å². The predicted molar refractivity (Wildman–Crippen MR) is 60.4 cm³/mol. The van der Waals surface area contributed by atoms with E-state index in [0.29, 0.717) is 6.04 Å². The zero-order valence-corrected chi connectivity index (χ0v) is 8.92. The van der Waals surface area contributed by atoms with Crippen LogP contribution in [-0.4, -0.2) is 6.54 Å². The zero-order chi connectivity index (χ0) is 9.80. The first-order chi connectivity index (χ1) is 6.92. The Bertz CT molecular complexity index is 287. The SMILES string of the molecule is CCc1ccccc1[C@@H]1CCCCN1. The second-order valence-electron chi connectivity index (χ2n) is 4.05. The summed E-state index contributed by atoms with van der Waals surface area (Å²) < 4.78 is 0. The normalized spacial score (nSPS) is 22.2. The fourth-order valence-corrected chi connectivity index (χ4v) is 2.31. The van der Waals surface area contributed by atoms with Crippen LogP contribution >= 0.6 is 0 Å². The first-order valence-electron chi connectivity index (χ1n) is 5.73. The molecule has 0 bridgehead atoms. The summed E-state index contributed by atoms with van der Waals surface area (Å²) in [5.74, 6) is 0. The van der Waals surface area contributed by atoms with Gasteiger partial charge in [-0.25, -0.2) is 0 Å². The lowest BCUT2D eigenvalue weighted by Crippen LogP contribution is -2.27. The molecule has 1 heteroatoms. The molecular formula is C13H19N. The predicted octanol–water partition coefficient (Wildman–Crippen LogP) is 3.06. The summed E-state index contributed by atoms with van der Waals surface area (Å²) in [4.78, 5) is 0. The molecule has 2 rings (SSSR count). The van der Waals surface area contributed by atoms with Gasteiger partial charge >= 0.3 is 0 Å². The fourth-order valence-electron chi connectivity index (χ4n) is 2.31. The third-order valence-electron chi connectivity index (χ3n) is 3.12. The van der Waals surface area contributed by atoms with Crippen molar-refractivity contribution in [2.24, 2.45) is 0 Å². The van der Waals surface area contributed by atoms with Gasteiger partial charge < -0.3 is 5.32 Å². The smallest absolute Gasteiger partial charge is 0.0322 e. The number of aryl methyl sites for hydroxylation is 1. The average molecular weight is 189 g/mol. The van der Waals surface area contributed by atoms with Crippen LogP contribution in [0, 0.1) is 0 Å². The molecule has 0 spiro atoms. The fraction of sp³-hybridized carbons (Fsp3) is 0.538. The van der Waals surface area contributed by atoms with Crippen LogP contribution < -0.4 is 5.32 Å². The number of benzene rings is 1. The maximum absolute atomic E-state index is 3.61. The molecule has 1 atom stereocenters. The third kappa shape index (κ3) is 1.98. The minimum Gasteiger partial charge on any atom is -0.310 e. The Labute approximate surface area is 86.5 Å². The molecule has 1 aromatic carbocycles. The average Bonchev–Trinajstić information content (AvgIpc) is 2.30. The van der Waals surface area contributed by atoms with Crippen molar-refractivity contribution in [3.8, 4) is 0 Å². The second kappa shape index (κ2) is 4.61. The molecule has 1 nitrogen and oxygen atoms in total. The number of hydrogen-bond donors (Lipinski definition) is 1. The lowest BCUT2D eigenvalue weighted by molar-refractivity contribution is 0.410. The second-order valence-corrected chi connectivity index (χ2v) is 4.05. The van der Waals surface area contributed by atoms with E-state index in [2.05, 4.69) is 36.5 Å². The van der Waals surface area contributed by atoms with Gasteiger partial charge in [0.15, 0.2) is 0 Å². The van der Waals surface area contributed by atoms with Crippen molar-refractivity contribution in [1.29, 1.82) is 0 Å². The summed E-state index contributed by atoms with van der Waals surface area (Å²) >= 11 is 0. The standard InChI is InChI=1S/C13H19N/c1-2-11-7-3-4-8-12(11)13-9-5-6-10-14-13/h3-4,7-8,13-14H,2,5-6,9-10H2,1H3/t13-/m0/s1. The van der Waals surface area contributed by atoms with Crippen LogP contribution in [0.1, 0.15) is 43.4 Å². The van der Waals surface area contributed by atoms with Crippen LogP contribution in [0.15, 0.2) is 24.3 Å². The summed E-state index contributed by atoms with van der Waals surface area (Å²) in [7, 11) is 0. The first kappa shape index (κ1) is 9.72. The molecule has 1 heterocycles. The highest BCUT2D eigenvalue weighted by molar-refractivity contribution is 5.30. The van der Waals surface area contributed by atoms with E-state index in [0.717, 1.165) is 6.42 Å². The monoisotopic (exact) mass is 189 g/mol. The molecule has 76 valence electrons. The van der Waals surface area contributed by atoms with Gasteiger partial charge in [0.1, 0.15) is 0 Å². The summed E-state index contributed by atoms with van der Waals surface area (Å²) in [5, 5.41) is 3.61. The van der Waals surface area contributed by atoms with E-state index in [-0.39, 0.29) is 0 Å². The van der Waals surface area contributed by atoms with Gasteiger partial charge in [-0.05, 0) is 36.9 Å². The van der Waals surface area contributed by atoms with Gasteiger partial charge in [0.05, 0.1) is 0 Å². The zero-order valence-electron chi connectivity index (χ0n) is 8.92. The van der Waals surface area contributed by atoms with Crippen LogP contribution in [0.5, 0.6) is 0 Å². The van der Waals surface area contributed by atoms with E-state index in [1.54, 1.807) is 0 Å². The molecule has 1 saturated heterocycles. The molecule has 0 amide bonds. The van der Waals surface area contributed by atoms with Crippen LogP contribution in [-0.2, 0) is 6.42 Å². The number of piperidine rings is 1. The Morgan fingerprint density at radius 2 is 2.14 bits per heavy atom. The van der Waals surface area contributed by atoms with Crippen molar-refractivity contribution in [2.45, 2.75) is 38.6 Å². The molecule has 0 unspecified atom stereocenters. The van der Waals surface area contributed by atoms with Gasteiger partial charge in [-0.2, -0.15) is 0 Å². The molecule has 0 radical (unpaired) electrons.